The summed E-state index contributed by atoms with van der Waals surface area (Å²) in [7, 11) is 1.25. The Balaban J connectivity index is 1.68. The molecule has 0 aromatic heterocycles. The van der Waals surface area contributed by atoms with Gasteiger partial charge in [-0.2, -0.15) is 0 Å². The number of esters is 1. The molecule has 136 valence electrons. The van der Waals surface area contributed by atoms with Gasteiger partial charge in [0.2, 0.25) is 0 Å². The standard InChI is InChI=1S/C17H15ClN2O5S/c1-17(7-18)11(16(24)25-2)20-14(23)10(15(20)26-17)19-12(21)8-5-3-4-6-9(8)13(19)22/h3-6,10-11,15H,7H2,1-2H3/t10?,11?,15-,17+/m1/s1. The van der Waals surface area contributed by atoms with Crippen molar-refractivity contribution in [2.75, 3.05) is 13.0 Å². The number of β-lactam (4-membered cyclic amide) rings is 1. The van der Waals surface area contributed by atoms with E-state index >= 15 is 0 Å². The van der Waals surface area contributed by atoms with Crippen LogP contribution in [0.5, 0.6) is 0 Å². The maximum absolute atomic E-state index is 12.8. The van der Waals surface area contributed by atoms with Crippen LogP contribution in [0.4, 0.5) is 0 Å². The van der Waals surface area contributed by atoms with Crippen LogP contribution in [0.15, 0.2) is 24.3 Å². The Morgan fingerprint density at radius 2 is 1.81 bits per heavy atom. The van der Waals surface area contributed by atoms with Crippen molar-refractivity contribution >= 4 is 47.1 Å². The van der Waals surface area contributed by atoms with E-state index in [4.69, 9.17) is 16.3 Å². The number of rotatable bonds is 3. The lowest BCUT2D eigenvalue weighted by molar-refractivity contribution is -0.164. The molecule has 0 radical (unpaired) electrons. The molecule has 2 fully saturated rings. The lowest BCUT2D eigenvalue weighted by atomic mass is 9.95. The smallest absolute Gasteiger partial charge is 0.330 e. The van der Waals surface area contributed by atoms with Crippen molar-refractivity contribution < 1.29 is 23.9 Å². The van der Waals surface area contributed by atoms with Gasteiger partial charge in [-0.25, -0.2) is 4.79 Å². The molecule has 1 aromatic carbocycles. The van der Waals surface area contributed by atoms with Gasteiger partial charge < -0.3 is 9.64 Å². The van der Waals surface area contributed by atoms with Gasteiger partial charge in [-0.05, 0) is 19.1 Å². The summed E-state index contributed by atoms with van der Waals surface area (Å²) in [6, 6.07) is 4.69. The third-order valence-corrected chi connectivity index (χ3v) is 7.44. The molecular formula is C17H15ClN2O5S. The monoisotopic (exact) mass is 394 g/mol. The largest absolute Gasteiger partial charge is 0.467 e. The van der Waals surface area contributed by atoms with Crippen LogP contribution in [0.1, 0.15) is 27.6 Å². The number of hydrogen-bond donors (Lipinski definition) is 0. The van der Waals surface area contributed by atoms with E-state index in [1.807, 2.05) is 0 Å². The molecule has 9 heteroatoms. The SMILES string of the molecule is COC(=O)C1N2C(=O)C(N3C(=O)c4ccccc4C3=O)[C@H]2S[C@@]1(C)CCl. The maximum Gasteiger partial charge on any atom is 0.330 e. The first kappa shape index (κ1) is 17.4. The van der Waals surface area contributed by atoms with Crippen LogP contribution in [-0.2, 0) is 14.3 Å². The second-order valence-electron chi connectivity index (χ2n) is 6.60. The third-order valence-electron chi connectivity index (χ3n) is 5.09. The van der Waals surface area contributed by atoms with E-state index in [1.165, 1.54) is 23.8 Å². The van der Waals surface area contributed by atoms with Crippen LogP contribution in [0, 0.1) is 0 Å². The number of imide groups is 1. The second kappa shape index (κ2) is 5.72. The predicted molar refractivity (Wildman–Crippen MR) is 93.9 cm³/mol. The molecule has 4 atom stereocenters. The zero-order chi connectivity index (χ0) is 18.8. The van der Waals surface area contributed by atoms with Crippen LogP contribution >= 0.6 is 23.4 Å². The van der Waals surface area contributed by atoms with Crippen molar-refractivity contribution in [3.8, 4) is 0 Å². The van der Waals surface area contributed by atoms with Gasteiger partial charge in [0.1, 0.15) is 17.5 Å². The Kier molecular flexibility index (Phi) is 3.82. The van der Waals surface area contributed by atoms with E-state index in [1.54, 1.807) is 31.2 Å². The number of halogens is 1. The fourth-order valence-corrected chi connectivity index (χ4v) is 5.77. The molecule has 3 aliphatic heterocycles. The number of nitrogens with zero attached hydrogens (tertiary/aromatic N) is 2. The van der Waals surface area contributed by atoms with Gasteiger partial charge in [-0.15, -0.1) is 23.4 Å². The quantitative estimate of drug-likeness (QED) is 0.330. The van der Waals surface area contributed by atoms with Crippen LogP contribution in [0.2, 0.25) is 0 Å². The molecule has 3 aliphatic rings. The first-order valence-corrected chi connectivity index (χ1v) is 9.38. The van der Waals surface area contributed by atoms with Crippen molar-refractivity contribution in [2.24, 2.45) is 0 Å². The summed E-state index contributed by atoms with van der Waals surface area (Å²) in [5.74, 6) is -1.86. The van der Waals surface area contributed by atoms with Gasteiger partial charge in [0, 0.05) is 5.88 Å². The van der Waals surface area contributed by atoms with E-state index in [-0.39, 0.29) is 17.0 Å². The Morgan fingerprint density at radius 1 is 1.23 bits per heavy atom. The normalized spacial score (nSPS) is 32.4. The van der Waals surface area contributed by atoms with Crippen molar-refractivity contribution in [3.63, 3.8) is 0 Å². The molecule has 26 heavy (non-hydrogen) atoms. The number of methoxy groups -OCH3 is 1. The van der Waals surface area contributed by atoms with Crippen molar-refractivity contribution in [1.29, 1.82) is 0 Å². The number of thioether (sulfide) groups is 1. The summed E-state index contributed by atoms with van der Waals surface area (Å²) in [4.78, 5) is 52.8. The van der Waals surface area contributed by atoms with E-state index in [0.717, 1.165) is 4.90 Å². The zero-order valence-electron chi connectivity index (χ0n) is 14.0. The number of amides is 3. The Morgan fingerprint density at radius 3 is 2.31 bits per heavy atom. The Hall–Kier alpha value is -2.06. The average Bonchev–Trinajstić information content (AvgIpc) is 3.07. The fourth-order valence-electron chi connectivity index (χ4n) is 3.78. The minimum atomic E-state index is -0.940. The highest BCUT2D eigenvalue weighted by atomic mass is 35.5. The van der Waals surface area contributed by atoms with Gasteiger partial charge in [0.05, 0.1) is 23.0 Å². The van der Waals surface area contributed by atoms with Crippen molar-refractivity contribution in [2.45, 2.75) is 29.1 Å². The highest BCUT2D eigenvalue weighted by molar-refractivity contribution is 8.01. The predicted octanol–water partition coefficient (Wildman–Crippen LogP) is 1.11. The second-order valence-corrected chi connectivity index (χ2v) is 8.52. The van der Waals surface area contributed by atoms with Crippen LogP contribution < -0.4 is 0 Å². The van der Waals surface area contributed by atoms with Gasteiger partial charge in [-0.3, -0.25) is 19.3 Å². The van der Waals surface area contributed by atoms with Gasteiger partial charge in [-0.1, -0.05) is 12.1 Å². The number of hydrogen-bond acceptors (Lipinski definition) is 6. The van der Waals surface area contributed by atoms with Crippen molar-refractivity contribution in [1.82, 2.24) is 9.80 Å². The minimum absolute atomic E-state index is 0.118. The topological polar surface area (TPSA) is 84.0 Å². The average molecular weight is 395 g/mol. The molecule has 0 N–H and O–H groups in total. The molecule has 2 saturated heterocycles. The molecule has 2 unspecified atom stereocenters. The summed E-state index contributed by atoms with van der Waals surface area (Å²) in [5, 5.41) is -0.516. The Bertz CT molecular complexity index is 826. The molecule has 0 aliphatic carbocycles. The summed E-state index contributed by atoms with van der Waals surface area (Å²) in [6.07, 6.45) is 0. The van der Waals surface area contributed by atoms with Crippen LogP contribution in [0.3, 0.4) is 0 Å². The number of benzene rings is 1. The van der Waals surface area contributed by atoms with E-state index < -0.39 is 45.9 Å². The molecule has 0 spiro atoms. The number of alkyl halides is 1. The summed E-state index contributed by atoms with van der Waals surface area (Å²) in [6.45, 7) is 1.78. The van der Waals surface area contributed by atoms with Crippen molar-refractivity contribution in [3.05, 3.63) is 35.4 Å². The number of fused-ring (bicyclic) bond motifs is 2. The third kappa shape index (κ3) is 2.02. The molecule has 7 nitrogen and oxygen atoms in total. The zero-order valence-corrected chi connectivity index (χ0v) is 15.5. The number of carbonyl (C=O) groups is 4. The molecule has 4 rings (SSSR count). The van der Waals surface area contributed by atoms with Crippen LogP contribution in [-0.4, -0.2) is 68.7 Å². The summed E-state index contributed by atoms with van der Waals surface area (Å²) in [5.41, 5.74) is 0.577. The highest BCUT2D eigenvalue weighted by Gasteiger charge is 2.68. The summed E-state index contributed by atoms with van der Waals surface area (Å²) >= 11 is 7.40. The van der Waals surface area contributed by atoms with E-state index in [9.17, 15) is 19.2 Å². The lowest BCUT2D eigenvalue weighted by Crippen LogP contribution is -2.71. The molecule has 0 bridgehead atoms. The van der Waals surface area contributed by atoms with Gasteiger partial charge in [0.15, 0.2) is 0 Å². The molecule has 3 amide bonds. The van der Waals surface area contributed by atoms with E-state index in [2.05, 4.69) is 0 Å². The van der Waals surface area contributed by atoms with Gasteiger partial charge in [0.25, 0.3) is 17.7 Å². The fraction of sp³-hybridized carbons (Fsp3) is 0.412. The molecule has 3 heterocycles. The first-order chi connectivity index (χ1) is 12.4. The van der Waals surface area contributed by atoms with Gasteiger partial charge >= 0.3 is 5.97 Å². The molecular weight excluding hydrogens is 380 g/mol. The highest BCUT2D eigenvalue weighted by Crippen LogP contribution is 2.53. The van der Waals surface area contributed by atoms with Crippen LogP contribution in [0.25, 0.3) is 0 Å². The minimum Gasteiger partial charge on any atom is -0.467 e. The number of ether oxygens (including phenoxy) is 1. The lowest BCUT2D eigenvalue weighted by Gasteiger charge is -2.46. The summed E-state index contributed by atoms with van der Waals surface area (Å²) < 4.78 is 4.07. The number of carbonyl (C=O) groups excluding carboxylic acids is 4. The maximum atomic E-state index is 12.8. The van der Waals surface area contributed by atoms with E-state index in [0.29, 0.717) is 0 Å². The first-order valence-electron chi connectivity index (χ1n) is 7.96. The Labute approximate surface area is 158 Å². The molecule has 1 aromatic rings. The molecule has 0 saturated carbocycles.